The molecule has 0 aromatic carbocycles. The summed E-state index contributed by atoms with van der Waals surface area (Å²) < 4.78 is 4.64. The molecule has 0 aliphatic rings. The smallest absolute Gasteiger partial charge is 0.336 e. The summed E-state index contributed by atoms with van der Waals surface area (Å²) >= 11 is 0. The molecule has 14 heavy (non-hydrogen) atoms. The van der Waals surface area contributed by atoms with E-state index < -0.39 is 17.8 Å². The van der Waals surface area contributed by atoms with Crippen LogP contribution in [0.15, 0.2) is 0 Å². The third kappa shape index (κ3) is 4.02. The largest absolute Gasteiger partial charge is 0.464 e. The maximum atomic E-state index is 11.2. The summed E-state index contributed by atoms with van der Waals surface area (Å²) in [5, 5.41) is 2.29. The van der Waals surface area contributed by atoms with Gasteiger partial charge in [-0.15, -0.1) is 0 Å². The molecule has 1 atom stereocenters. The van der Waals surface area contributed by atoms with Crippen molar-refractivity contribution in [1.29, 1.82) is 0 Å². The summed E-state index contributed by atoms with van der Waals surface area (Å²) in [6.07, 6.45) is 0.225. The van der Waals surface area contributed by atoms with Crippen molar-refractivity contribution >= 4 is 17.7 Å². The molecule has 0 aromatic rings. The minimum Gasteiger partial charge on any atom is -0.464 e. The van der Waals surface area contributed by atoms with Crippen LogP contribution in [-0.4, -0.2) is 30.3 Å². The zero-order valence-corrected chi connectivity index (χ0v) is 8.62. The minimum absolute atomic E-state index is 0.185. The maximum absolute atomic E-state index is 11.2. The number of Topliss-reactive ketones (excluding diaryl/α,β-unsaturated/α-hetero) is 1. The van der Waals surface area contributed by atoms with E-state index in [0.717, 1.165) is 0 Å². The van der Waals surface area contributed by atoms with Crippen LogP contribution in [0.25, 0.3) is 0 Å². The highest BCUT2D eigenvalue weighted by atomic mass is 16.5. The Bertz CT molecular complexity index is 237. The highest BCUT2D eigenvalue weighted by molar-refractivity contribution is 6.04. The van der Waals surface area contributed by atoms with E-state index in [2.05, 4.69) is 10.1 Å². The van der Waals surface area contributed by atoms with Gasteiger partial charge in [0.1, 0.15) is 0 Å². The van der Waals surface area contributed by atoms with Crippen LogP contribution in [0.5, 0.6) is 0 Å². The van der Waals surface area contributed by atoms with Crippen molar-refractivity contribution < 1.29 is 19.1 Å². The summed E-state index contributed by atoms with van der Waals surface area (Å²) in [4.78, 5) is 33.1. The van der Waals surface area contributed by atoms with Gasteiger partial charge in [0.25, 0.3) is 0 Å². The Morgan fingerprint density at radius 3 is 2.21 bits per heavy atom. The van der Waals surface area contributed by atoms with E-state index in [4.69, 9.17) is 0 Å². The molecule has 0 spiro atoms. The standard InChI is InChI=1S/C9H15NO4/c1-4-7(12)10-8(6(3)11)9(13)14-5-2/h8H,4-5H2,1-3H3,(H,10,12). The summed E-state index contributed by atoms with van der Waals surface area (Å²) in [6.45, 7) is 4.69. The third-order valence-corrected chi connectivity index (χ3v) is 1.56. The average Bonchev–Trinajstić information content (AvgIpc) is 2.13. The van der Waals surface area contributed by atoms with Gasteiger partial charge in [-0.1, -0.05) is 6.92 Å². The molecule has 0 fully saturated rings. The van der Waals surface area contributed by atoms with Crippen molar-refractivity contribution in [3.8, 4) is 0 Å². The van der Waals surface area contributed by atoms with Crippen LogP contribution in [0.1, 0.15) is 27.2 Å². The second kappa shape index (κ2) is 6.12. The van der Waals surface area contributed by atoms with Gasteiger partial charge in [-0.25, -0.2) is 4.79 Å². The maximum Gasteiger partial charge on any atom is 0.336 e. The molecule has 1 unspecified atom stereocenters. The second-order valence-electron chi connectivity index (χ2n) is 2.72. The summed E-state index contributed by atoms with van der Waals surface area (Å²) in [5.41, 5.74) is 0. The number of esters is 1. The van der Waals surface area contributed by atoms with Gasteiger partial charge in [-0.2, -0.15) is 0 Å². The van der Waals surface area contributed by atoms with Crippen molar-refractivity contribution in [1.82, 2.24) is 5.32 Å². The lowest BCUT2D eigenvalue weighted by Gasteiger charge is -2.13. The van der Waals surface area contributed by atoms with Crippen LogP contribution in [-0.2, 0) is 19.1 Å². The van der Waals surface area contributed by atoms with E-state index in [9.17, 15) is 14.4 Å². The zero-order chi connectivity index (χ0) is 11.1. The molecule has 0 bridgehead atoms. The molecule has 80 valence electrons. The van der Waals surface area contributed by atoms with Crippen molar-refractivity contribution in [2.24, 2.45) is 0 Å². The first-order valence-electron chi connectivity index (χ1n) is 4.49. The Labute approximate surface area is 82.8 Å². The number of ketones is 1. The number of hydrogen-bond acceptors (Lipinski definition) is 4. The molecule has 0 heterocycles. The molecule has 0 aromatic heterocycles. The molecule has 1 amide bonds. The van der Waals surface area contributed by atoms with Crippen LogP contribution in [0.4, 0.5) is 0 Å². The predicted molar refractivity (Wildman–Crippen MR) is 49.5 cm³/mol. The van der Waals surface area contributed by atoms with Crippen molar-refractivity contribution in [2.45, 2.75) is 33.2 Å². The van der Waals surface area contributed by atoms with E-state index in [1.54, 1.807) is 13.8 Å². The van der Waals surface area contributed by atoms with Crippen molar-refractivity contribution in [3.05, 3.63) is 0 Å². The molecule has 0 rings (SSSR count). The van der Waals surface area contributed by atoms with Gasteiger partial charge in [0.2, 0.25) is 5.91 Å². The number of amides is 1. The Balaban J connectivity index is 4.36. The SMILES string of the molecule is CCOC(=O)C(NC(=O)CC)C(C)=O. The number of carbonyl (C=O) groups excluding carboxylic acids is 3. The third-order valence-electron chi connectivity index (χ3n) is 1.56. The van der Waals surface area contributed by atoms with Gasteiger partial charge < -0.3 is 10.1 Å². The molecule has 1 N–H and O–H groups in total. The van der Waals surface area contributed by atoms with Gasteiger partial charge >= 0.3 is 5.97 Å². The fourth-order valence-corrected chi connectivity index (χ4v) is 0.815. The lowest BCUT2D eigenvalue weighted by molar-refractivity contribution is -0.150. The fourth-order valence-electron chi connectivity index (χ4n) is 0.815. The Kier molecular flexibility index (Phi) is 5.52. The lowest BCUT2D eigenvalue weighted by Crippen LogP contribution is -2.46. The molecule has 0 radical (unpaired) electrons. The van der Waals surface area contributed by atoms with E-state index >= 15 is 0 Å². The molecular formula is C9H15NO4. The summed E-state index contributed by atoms with van der Waals surface area (Å²) in [5.74, 6) is -1.48. The monoisotopic (exact) mass is 201 g/mol. The van der Waals surface area contributed by atoms with Crippen molar-refractivity contribution in [3.63, 3.8) is 0 Å². The lowest BCUT2D eigenvalue weighted by atomic mass is 10.2. The highest BCUT2D eigenvalue weighted by Crippen LogP contribution is 1.92. The predicted octanol–water partition coefficient (Wildman–Crippen LogP) is 0.0333. The van der Waals surface area contributed by atoms with Gasteiger partial charge in [0.05, 0.1) is 6.61 Å². The topological polar surface area (TPSA) is 72.5 Å². The van der Waals surface area contributed by atoms with Gasteiger partial charge in [-0.3, -0.25) is 9.59 Å². The van der Waals surface area contributed by atoms with E-state index in [1.165, 1.54) is 6.92 Å². The molecule has 5 nitrogen and oxygen atoms in total. The van der Waals surface area contributed by atoms with Gasteiger partial charge in [0.15, 0.2) is 11.8 Å². The molecule has 0 saturated heterocycles. The molecular weight excluding hydrogens is 186 g/mol. The Morgan fingerprint density at radius 2 is 1.86 bits per heavy atom. The average molecular weight is 201 g/mol. The van der Waals surface area contributed by atoms with Gasteiger partial charge in [-0.05, 0) is 13.8 Å². The molecule has 5 heteroatoms. The second-order valence-corrected chi connectivity index (χ2v) is 2.72. The van der Waals surface area contributed by atoms with Crippen LogP contribution in [0, 0.1) is 0 Å². The number of hydrogen-bond donors (Lipinski definition) is 1. The normalized spacial score (nSPS) is 11.6. The zero-order valence-electron chi connectivity index (χ0n) is 8.62. The van der Waals surface area contributed by atoms with Crippen LogP contribution in [0.2, 0.25) is 0 Å². The number of carbonyl (C=O) groups is 3. The molecule has 0 saturated carbocycles. The van der Waals surface area contributed by atoms with Gasteiger partial charge in [0, 0.05) is 6.42 Å². The summed E-state index contributed by atoms with van der Waals surface area (Å²) in [6, 6.07) is -1.16. The number of rotatable bonds is 5. The van der Waals surface area contributed by atoms with Crippen LogP contribution < -0.4 is 5.32 Å². The van der Waals surface area contributed by atoms with E-state index in [-0.39, 0.29) is 18.9 Å². The van der Waals surface area contributed by atoms with Crippen LogP contribution >= 0.6 is 0 Å². The quantitative estimate of drug-likeness (QED) is 0.503. The van der Waals surface area contributed by atoms with E-state index in [0.29, 0.717) is 0 Å². The summed E-state index contributed by atoms with van der Waals surface area (Å²) in [7, 11) is 0. The first-order valence-corrected chi connectivity index (χ1v) is 4.49. The first kappa shape index (κ1) is 12.6. The number of ether oxygens (including phenoxy) is 1. The minimum atomic E-state index is -1.16. The highest BCUT2D eigenvalue weighted by Gasteiger charge is 2.25. The fraction of sp³-hybridized carbons (Fsp3) is 0.667. The van der Waals surface area contributed by atoms with Crippen molar-refractivity contribution in [2.75, 3.05) is 6.61 Å². The number of nitrogens with one attached hydrogen (secondary N) is 1. The van der Waals surface area contributed by atoms with E-state index in [1.807, 2.05) is 0 Å². The molecule has 0 aliphatic heterocycles. The van der Waals surface area contributed by atoms with Crippen LogP contribution in [0.3, 0.4) is 0 Å². The Morgan fingerprint density at radius 1 is 1.29 bits per heavy atom. The first-order chi connectivity index (χ1) is 6.52. The Hall–Kier alpha value is -1.39. The molecule has 0 aliphatic carbocycles.